The molecule has 1 N–H and O–H groups in total. The molecule has 2 rings (SSSR count). The lowest BCUT2D eigenvalue weighted by Crippen LogP contribution is -2.43. The first-order valence-corrected chi connectivity index (χ1v) is 8.64. The molecule has 1 heterocycles. The van der Waals surface area contributed by atoms with E-state index in [2.05, 4.69) is 61.8 Å². The number of nitrogens with one attached hydrogen (secondary N) is 1. The Labute approximate surface area is 132 Å². The van der Waals surface area contributed by atoms with Crippen molar-refractivity contribution in [3.8, 4) is 0 Å². The monoisotopic (exact) mass is 312 g/mol. The fourth-order valence-electron chi connectivity index (χ4n) is 2.52. The molecular formula is C16H25ClN2S. The minimum absolute atomic E-state index is 0.309. The molecule has 0 amide bonds. The first-order chi connectivity index (χ1) is 9.37. The van der Waals surface area contributed by atoms with E-state index in [0.717, 1.165) is 24.7 Å². The fraction of sp³-hybridized carbons (Fsp3) is 0.625. The maximum atomic E-state index is 6.22. The average molecular weight is 313 g/mol. The van der Waals surface area contributed by atoms with E-state index in [9.17, 15) is 0 Å². The molecule has 0 unspecified atom stereocenters. The van der Waals surface area contributed by atoms with Gasteiger partial charge in [-0.3, -0.25) is 0 Å². The van der Waals surface area contributed by atoms with Gasteiger partial charge in [0, 0.05) is 46.9 Å². The van der Waals surface area contributed by atoms with Crippen LogP contribution in [0.4, 0.5) is 5.69 Å². The Morgan fingerprint density at radius 3 is 2.80 bits per heavy atom. The quantitative estimate of drug-likeness (QED) is 0.898. The summed E-state index contributed by atoms with van der Waals surface area (Å²) in [7, 11) is 0. The minimum Gasteiger partial charge on any atom is -0.369 e. The molecule has 20 heavy (non-hydrogen) atoms. The second kappa shape index (κ2) is 6.59. The van der Waals surface area contributed by atoms with E-state index < -0.39 is 0 Å². The number of nitrogens with zero attached hydrogens (tertiary/aromatic N) is 1. The van der Waals surface area contributed by atoms with Crippen LogP contribution in [0.25, 0.3) is 0 Å². The predicted octanol–water partition coefficient (Wildman–Crippen LogP) is 4.17. The second-order valence-electron chi connectivity index (χ2n) is 6.34. The highest BCUT2D eigenvalue weighted by Gasteiger charge is 2.28. The Bertz CT molecular complexity index is 460. The van der Waals surface area contributed by atoms with Gasteiger partial charge in [0.15, 0.2) is 0 Å². The molecular weight excluding hydrogens is 288 g/mol. The van der Waals surface area contributed by atoms with Crippen molar-refractivity contribution in [1.82, 2.24) is 5.32 Å². The van der Waals surface area contributed by atoms with Crippen LogP contribution in [0.3, 0.4) is 0 Å². The van der Waals surface area contributed by atoms with Crippen LogP contribution in [0, 0.1) is 0 Å². The van der Waals surface area contributed by atoms with Gasteiger partial charge >= 0.3 is 0 Å². The highest BCUT2D eigenvalue weighted by atomic mass is 35.5. The van der Waals surface area contributed by atoms with Crippen LogP contribution in [-0.4, -0.2) is 29.6 Å². The zero-order chi connectivity index (χ0) is 14.8. The molecule has 1 saturated heterocycles. The molecule has 2 nitrogen and oxygen atoms in total. The van der Waals surface area contributed by atoms with Gasteiger partial charge in [-0.2, -0.15) is 11.8 Å². The van der Waals surface area contributed by atoms with Gasteiger partial charge in [0.05, 0.1) is 0 Å². The molecule has 4 heteroatoms. The summed E-state index contributed by atoms with van der Waals surface area (Å²) in [6.45, 7) is 12.1. The summed E-state index contributed by atoms with van der Waals surface area (Å²) in [5.74, 6) is 1.18. The number of hydrogen-bond acceptors (Lipinski definition) is 3. The number of rotatable bonds is 4. The van der Waals surface area contributed by atoms with E-state index >= 15 is 0 Å². The van der Waals surface area contributed by atoms with E-state index in [1.54, 1.807) is 0 Å². The summed E-state index contributed by atoms with van der Waals surface area (Å²) >= 11 is 8.27. The molecule has 1 aliphatic rings. The summed E-state index contributed by atoms with van der Waals surface area (Å²) in [5, 5.41) is 4.33. The van der Waals surface area contributed by atoms with Crippen molar-refractivity contribution >= 4 is 29.1 Å². The van der Waals surface area contributed by atoms with Crippen LogP contribution in [0.1, 0.15) is 33.3 Å². The molecule has 1 aromatic carbocycles. The van der Waals surface area contributed by atoms with Crippen LogP contribution >= 0.6 is 23.4 Å². The van der Waals surface area contributed by atoms with E-state index in [0.29, 0.717) is 10.8 Å². The predicted molar refractivity (Wildman–Crippen MR) is 92.2 cm³/mol. The standard InChI is InChI=1S/C16H25ClN2S/c1-12(2)18-10-13-5-6-14(17)9-15(13)19-7-8-20-16(3,4)11-19/h5-6,9,12,18H,7-8,10-11H2,1-4H3. The third-order valence-electron chi connectivity index (χ3n) is 3.51. The molecule has 1 aliphatic heterocycles. The summed E-state index contributed by atoms with van der Waals surface area (Å²) in [4.78, 5) is 2.49. The highest BCUT2D eigenvalue weighted by Crippen LogP contribution is 2.34. The van der Waals surface area contributed by atoms with Crippen molar-refractivity contribution in [2.45, 2.75) is 45.0 Å². The van der Waals surface area contributed by atoms with Gasteiger partial charge in [-0.05, 0) is 31.5 Å². The highest BCUT2D eigenvalue weighted by molar-refractivity contribution is 8.00. The molecule has 0 aliphatic carbocycles. The Morgan fingerprint density at radius 1 is 1.40 bits per heavy atom. The van der Waals surface area contributed by atoms with Crippen LogP contribution in [-0.2, 0) is 6.54 Å². The van der Waals surface area contributed by atoms with Gasteiger partial charge in [-0.15, -0.1) is 0 Å². The number of benzene rings is 1. The third-order valence-corrected chi connectivity index (χ3v) is 5.05. The normalized spacial score (nSPS) is 18.6. The van der Waals surface area contributed by atoms with E-state index in [1.165, 1.54) is 17.0 Å². The lowest BCUT2D eigenvalue weighted by atomic mass is 10.1. The Balaban J connectivity index is 2.22. The second-order valence-corrected chi connectivity index (χ2v) is 8.58. The van der Waals surface area contributed by atoms with Crippen LogP contribution in [0.2, 0.25) is 5.02 Å². The Kier molecular flexibility index (Phi) is 5.27. The van der Waals surface area contributed by atoms with Crippen molar-refractivity contribution in [2.24, 2.45) is 0 Å². The Hall–Kier alpha value is -0.380. The van der Waals surface area contributed by atoms with Crippen molar-refractivity contribution in [1.29, 1.82) is 0 Å². The number of hydrogen-bond donors (Lipinski definition) is 1. The maximum Gasteiger partial charge on any atom is 0.0427 e. The summed E-state index contributed by atoms with van der Waals surface area (Å²) in [6, 6.07) is 6.76. The van der Waals surface area contributed by atoms with Crippen molar-refractivity contribution in [2.75, 3.05) is 23.7 Å². The summed E-state index contributed by atoms with van der Waals surface area (Å²) < 4.78 is 0.309. The third kappa shape index (κ3) is 4.31. The molecule has 0 spiro atoms. The van der Waals surface area contributed by atoms with E-state index in [1.807, 2.05) is 6.07 Å². The molecule has 0 aromatic heterocycles. The minimum atomic E-state index is 0.309. The SMILES string of the molecule is CC(C)NCc1ccc(Cl)cc1N1CCSC(C)(C)C1. The zero-order valence-corrected chi connectivity index (χ0v) is 14.4. The molecule has 1 fully saturated rings. The van der Waals surface area contributed by atoms with Crippen molar-refractivity contribution < 1.29 is 0 Å². The van der Waals surface area contributed by atoms with Gasteiger partial charge in [-0.1, -0.05) is 31.5 Å². The lowest BCUT2D eigenvalue weighted by molar-refractivity contribution is 0.585. The van der Waals surface area contributed by atoms with Gasteiger partial charge in [0.1, 0.15) is 0 Å². The van der Waals surface area contributed by atoms with Crippen LogP contribution < -0.4 is 10.2 Å². The molecule has 0 radical (unpaired) electrons. The average Bonchev–Trinajstić information content (AvgIpc) is 2.36. The molecule has 0 saturated carbocycles. The van der Waals surface area contributed by atoms with Gasteiger partial charge in [0.2, 0.25) is 0 Å². The first-order valence-electron chi connectivity index (χ1n) is 7.28. The summed E-state index contributed by atoms with van der Waals surface area (Å²) in [5.41, 5.74) is 2.63. The Morgan fingerprint density at radius 2 is 2.15 bits per heavy atom. The molecule has 0 bridgehead atoms. The molecule has 0 atom stereocenters. The molecule has 1 aromatic rings. The van der Waals surface area contributed by atoms with Crippen LogP contribution in [0.5, 0.6) is 0 Å². The fourth-order valence-corrected chi connectivity index (χ4v) is 3.79. The number of thioether (sulfide) groups is 1. The van der Waals surface area contributed by atoms with Crippen LogP contribution in [0.15, 0.2) is 18.2 Å². The largest absolute Gasteiger partial charge is 0.369 e. The van der Waals surface area contributed by atoms with Gasteiger partial charge in [-0.25, -0.2) is 0 Å². The first kappa shape index (κ1) is 16.0. The topological polar surface area (TPSA) is 15.3 Å². The maximum absolute atomic E-state index is 6.22. The molecule has 112 valence electrons. The summed E-state index contributed by atoms with van der Waals surface area (Å²) in [6.07, 6.45) is 0. The lowest BCUT2D eigenvalue weighted by Gasteiger charge is -2.40. The van der Waals surface area contributed by atoms with E-state index in [4.69, 9.17) is 11.6 Å². The zero-order valence-electron chi connectivity index (χ0n) is 12.9. The van der Waals surface area contributed by atoms with Gasteiger partial charge in [0.25, 0.3) is 0 Å². The van der Waals surface area contributed by atoms with E-state index in [-0.39, 0.29) is 0 Å². The smallest absolute Gasteiger partial charge is 0.0427 e. The number of halogens is 1. The van der Waals surface area contributed by atoms with Crippen molar-refractivity contribution in [3.05, 3.63) is 28.8 Å². The van der Waals surface area contributed by atoms with Crippen molar-refractivity contribution in [3.63, 3.8) is 0 Å². The van der Waals surface area contributed by atoms with Gasteiger partial charge < -0.3 is 10.2 Å². The number of anilines is 1.